The summed E-state index contributed by atoms with van der Waals surface area (Å²) < 4.78 is 36.3. The minimum Gasteiger partial charge on any atom is -0.375 e. The summed E-state index contributed by atoms with van der Waals surface area (Å²) in [5.41, 5.74) is 2.42. The first kappa shape index (κ1) is 20.0. The second-order valence-corrected chi connectivity index (χ2v) is 7.80. The van der Waals surface area contributed by atoms with Gasteiger partial charge in [0.15, 0.2) is 0 Å². The molecule has 0 aliphatic carbocycles. The summed E-state index contributed by atoms with van der Waals surface area (Å²) in [6.45, 7) is 2.39. The van der Waals surface area contributed by atoms with Crippen molar-refractivity contribution in [2.45, 2.75) is 30.8 Å². The van der Waals surface area contributed by atoms with E-state index in [1.54, 1.807) is 19.2 Å². The van der Waals surface area contributed by atoms with E-state index in [9.17, 15) is 13.6 Å². The smallest absolute Gasteiger partial charge is 0.263 e. The molecule has 0 saturated carbocycles. The number of carbonyl (C=O) groups excluding carboxylic acids is 1. The van der Waals surface area contributed by atoms with Crippen molar-refractivity contribution in [1.82, 2.24) is 4.90 Å². The van der Waals surface area contributed by atoms with Gasteiger partial charge in [0.25, 0.3) is 12.3 Å². The van der Waals surface area contributed by atoms with Crippen LogP contribution in [0.2, 0.25) is 0 Å². The number of carbonyl (C=O) groups is 1. The Labute approximate surface area is 169 Å². The number of nitrogens with zero attached hydrogens (tertiary/aromatic N) is 1. The van der Waals surface area contributed by atoms with Gasteiger partial charge in [0, 0.05) is 31.3 Å². The summed E-state index contributed by atoms with van der Waals surface area (Å²) in [4.78, 5) is 14.7. The van der Waals surface area contributed by atoms with Crippen molar-refractivity contribution in [3.8, 4) is 0 Å². The summed E-state index contributed by atoms with van der Waals surface area (Å²) in [6, 6.07) is 14.2. The lowest BCUT2D eigenvalue weighted by molar-refractivity contribution is -0.202. The molecular formula is C23H25F2NO3. The lowest BCUT2D eigenvalue weighted by Gasteiger charge is -2.40. The second kappa shape index (κ2) is 8.20. The van der Waals surface area contributed by atoms with Gasteiger partial charge in [0.1, 0.15) is 5.60 Å². The largest absolute Gasteiger partial charge is 0.375 e. The van der Waals surface area contributed by atoms with E-state index in [1.807, 2.05) is 29.2 Å². The molecule has 154 valence electrons. The molecule has 4 nitrogen and oxygen atoms in total. The van der Waals surface area contributed by atoms with E-state index in [0.717, 1.165) is 24.0 Å². The normalized spacial score (nSPS) is 19.2. The number of rotatable bonds is 5. The molecule has 0 spiro atoms. The molecule has 2 aliphatic rings. The molecule has 2 fully saturated rings. The zero-order chi connectivity index (χ0) is 20.4. The van der Waals surface area contributed by atoms with Crippen LogP contribution in [0, 0.1) is 0 Å². The zero-order valence-corrected chi connectivity index (χ0v) is 16.4. The first-order chi connectivity index (χ1) is 14.0. The van der Waals surface area contributed by atoms with Gasteiger partial charge in [-0.05, 0) is 42.0 Å². The molecular weight excluding hydrogens is 376 g/mol. The van der Waals surface area contributed by atoms with Crippen molar-refractivity contribution in [1.29, 1.82) is 0 Å². The average Bonchev–Trinajstić information content (AvgIpc) is 2.73. The van der Waals surface area contributed by atoms with Crippen molar-refractivity contribution in [3.05, 3.63) is 70.8 Å². The number of likely N-dealkylation sites (tertiary alicyclic amines) is 1. The number of piperidine rings is 1. The van der Waals surface area contributed by atoms with Gasteiger partial charge in [-0.25, -0.2) is 8.78 Å². The number of methoxy groups -OCH3 is 1. The molecule has 1 amide bonds. The predicted molar refractivity (Wildman–Crippen MR) is 105 cm³/mol. The Morgan fingerprint density at radius 1 is 1.07 bits per heavy atom. The van der Waals surface area contributed by atoms with E-state index in [2.05, 4.69) is 0 Å². The highest BCUT2D eigenvalue weighted by Crippen LogP contribution is 2.34. The van der Waals surface area contributed by atoms with Crippen molar-refractivity contribution in [2.24, 2.45) is 0 Å². The quantitative estimate of drug-likeness (QED) is 0.740. The Morgan fingerprint density at radius 3 is 2.17 bits per heavy atom. The third-order valence-electron chi connectivity index (χ3n) is 6.16. The monoisotopic (exact) mass is 401 g/mol. The number of alkyl halides is 2. The molecule has 2 saturated heterocycles. The zero-order valence-electron chi connectivity index (χ0n) is 16.4. The van der Waals surface area contributed by atoms with E-state index in [-0.39, 0.29) is 17.1 Å². The first-order valence-electron chi connectivity index (χ1n) is 9.93. The molecule has 0 unspecified atom stereocenters. The third-order valence-corrected chi connectivity index (χ3v) is 6.16. The molecule has 0 aromatic heterocycles. The summed E-state index contributed by atoms with van der Waals surface area (Å²) in [7, 11) is 1.67. The number of benzene rings is 2. The van der Waals surface area contributed by atoms with E-state index < -0.39 is 6.43 Å². The maximum absolute atomic E-state index is 12.9. The van der Waals surface area contributed by atoms with Gasteiger partial charge >= 0.3 is 0 Å². The molecule has 0 radical (unpaired) electrons. The molecule has 0 N–H and O–H groups in total. The van der Waals surface area contributed by atoms with Gasteiger partial charge in [-0.3, -0.25) is 4.79 Å². The van der Waals surface area contributed by atoms with Crippen LogP contribution >= 0.6 is 0 Å². The highest BCUT2D eigenvalue weighted by molar-refractivity contribution is 5.94. The number of amides is 1. The van der Waals surface area contributed by atoms with Crippen LogP contribution in [-0.2, 0) is 15.1 Å². The van der Waals surface area contributed by atoms with Crippen molar-refractivity contribution in [2.75, 3.05) is 33.4 Å². The molecule has 29 heavy (non-hydrogen) atoms. The second-order valence-electron chi connectivity index (χ2n) is 7.80. The van der Waals surface area contributed by atoms with Gasteiger partial charge < -0.3 is 14.4 Å². The highest BCUT2D eigenvalue weighted by atomic mass is 19.3. The first-order valence-corrected chi connectivity index (χ1v) is 9.93. The lowest BCUT2D eigenvalue weighted by Crippen LogP contribution is -2.48. The van der Waals surface area contributed by atoms with Gasteiger partial charge in [-0.2, -0.15) is 0 Å². The fourth-order valence-electron chi connectivity index (χ4n) is 4.12. The fourth-order valence-corrected chi connectivity index (χ4v) is 4.12. The molecule has 2 aromatic carbocycles. The van der Waals surface area contributed by atoms with E-state index >= 15 is 0 Å². The van der Waals surface area contributed by atoms with E-state index in [1.165, 1.54) is 12.1 Å². The van der Waals surface area contributed by atoms with Gasteiger partial charge in [0.05, 0.1) is 13.2 Å². The van der Waals surface area contributed by atoms with Crippen LogP contribution in [0.4, 0.5) is 8.78 Å². The van der Waals surface area contributed by atoms with Gasteiger partial charge in [-0.1, -0.05) is 36.4 Å². The molecule has 2 aliphatic heterocycles. The van der Waals surface area contributed by atoms with Crippen LogP contribution in [0.3, 0.4) is 0 Å². The SMILES string of the molecule is COC1(c2ccc(C(=O)N3CCC(c4ccc(C(F)F)cc4)CC3)cc2)COC1. The molecule has 4 rings (SSSR count). The Hall–Kier alpha value is -2.31. The Morgan fingerprint density at radius 2 is 1.69 bits per heavy atom. The van der Waals surface area contributed by atoms with Crippen molar-refractivity contribution >= 4 is 5.91 Å². The van der Waals surface area contributed by atoms with Crippen molar-refractivity contribution in [3.63, 3.8) is 0 Å². The maximum atomic E-state index is 12.9. The molecule has 2 heterocycles. The lowest BCUT2D eigenvalue weighted by atomic mass is 9.88. The Bertz CT molecular complexity index is 834. The summed E-state index contributed by atoms with van der Waals surface area (Å²) in [5, 5.41) is 0. The van der Waals surface area contributed by atoms with Gasteiger partial charge in [0.2, 0.25) is 0 Å². The van der Waals surface area contributed by atoms with Crippen LogP contribution in [-0.4, -0.2) is 44.2 Å². The van der Waals surface area contributed by atoms with Crippen LogP contribution in [0.25, 0.3) is 0 Å². The number of halogens is 2. The number of ether oxygens (including phenoxy) is 2. The average molecular weight is 401 g/mol. The topological polar surface area (TPSA) is 38.8 Å². The molecule has 0 bridgehead atoms. The van der Waals surface area contributed by atoms with Crippen LogP contribution < -0.4 is 0 Å². The Balaban J connectivity index is 1.36. The minimum absolute atomic E-state index is 0.0272. The standard InChI is InChI=1S/C23H25F2NO3/c1-28-23(14-29-15-23)20-8-6-19(7-9-20)22(27)26-12-10-17(11-13-26)16-2-4-18(5-3-16)21(24)25/h2-9,17,21H,10-15H2,1H3. The summed E-state index contributed by atoms with van der Waals surface area (Å²) in [6.07, 6.45) is -0.769. The summed E-state index contributed by atoms with van der Waals surface area (Å²) in [5.74, 6) is 0.327. The highest BCUT2D eigenvalue weighted by Gasteiger charge is 2.40. The Kier molecular flexibility index (Phi) is 5.65. The molecule has 2 aromatic rings. The van der Waals surface area contributed by atoms with Crippen LogP contribution in [0.5, 0.6) is 0 Å². The van der Waals surface area contributed by atoms with Crippen molar-refractivity contribution < 1.29 is 23.0 Å². The fraction of sp³-hybridized carbons (Fsp3) is 0.435. The number of hydrogen-bond donors (Lipinski definition) is 0. The number of hydrogen-bond acceptors (Lipinski definition) is 3. The maximum Gasteiger partial charge on any atom is 0.263 e. The summed E-state index contributed by atoms with van der Waals surface area (Å²) >= 11 is 0. The predicted octanol–water partition coefficient (Wildman–Crippen LogP) is 4.52. The molecule has 6 heteroatoms. The van der Waals surface area contributed by atoms with E-state index in [0.29, 0.717) is 37.8 Å². The van der Waals surface area contributed by atoms with E-state index in [4.69, 9.17) is 9.47 Å². The minimum atomic E-state index is -2.44. The molecule has 0 atom stereocenters. The van der Waals surface area contributed by atoms with Crippen LogP contribution in [0.15, 0.2) is 48.5 Å². The van der Waals surface area contributed by atoms with Crippen LogP contribution in [0.1, 0.15) is 52.2 Å². The van der Waals surface area contributed by atoms with Gasteiger partial charge in [-0.15, -0.1) is 0 Å². The third kappa shape index (κ3) is 3.91.